The summed E-state index contributed by atoms with van der Waals surface area (Å²) in [6.45, 7) is 0.571. The van der Waals surface area contributed by atoms with Gasteiger partial charge in [-0.05, 0) is 42.0 Å². The molecule has 6 nitrogen and oxygen atoms in total. The van der Waals surface area contributed by atoms with Crippen LogP contribution >= 0.6 is 0 Å². The highest BCUT2D eigenvalue weighted by molar-refractivity contribution is 5.86. The summed E-state index contributed by atoms with van der Waals surface area (Å²) in [4.78, 5) is 12.1. The van der Waals surface area contributed by atoms with Crippen LogP contribution in [0.4, 0.5) is 16.2 Å². The van der Waals surface area contributed by atoms with E-state index in [1.54, 1.807) is 18.2 Å². The number of benzene rings is 3. The van der Waals surface area contributed by atoms with Crippen LogP contribution in [0.5, 0.6) is 11.5 Å². The minimum Gasteiger partial charge on any atom is -0.493 e. The average molecular weight is 363 g/mol. The SMILES string of the molecule is COc1cc(CNNc2ccccc2)ccc1OC(=O)Nc1ccccc1. The highest BCUT2D eigenvalue weighted by atomic mass is 16.6. The molecule has 0 aliphatic heterocycles. The number of hydrogen-bond acceptors (Lipinski definition) is 5. The molecule has 0 aliphatic carbocycles. The van der Waals surface area contributed by atoms with Gasteiger partial charge < -0.3 is 14.9 Å². The van der Waals surface area contributed by atoms with Crippen molar-refractivity contribution >= 4 is 17.5 Å². The summed E-state index contributed by atoms with van der Waals surface area (Å²) in [6.07, 6.45) is -0.573. The lowest BCUT2D eigenvalue weighted by molar-refractivity contribution is 0.213. The second kappa shape index (κ2) is 9.26. The summed E-state index contributed by atoms with van der Waals surface area (Å²) < 4.78 is 10.7. The number of ether oxygens (including phenoxy) is 2. The van der Waals surface area contributed by atoms with Crippen LogP contribution in [0, 0.1) is 0 Å². The maximum Gasteiger partial charge on any atom is 0.417 e. The number of hydrogen-bond donors (Lipinski definition) is 3. The molecule has 0 bridgehead atoms. The molecule has 0 spiro atoms. The predicted octanol–water partition coefficient (Wildman–Crippen LogP) is 4.42. The van der Waals surface area contributed by atoms with Gasteiger partial charge in [0.2, 0.25) is 0 Å². The quantitative estimate of drug-likeness (QED) is 0.542. The summed E-state index contributed by atoms with van der Waals surface area (Å²) in [5.74, 6) is 0.836. The molecule has 138 valence electrons. The van der Waals surface area contributed by atoms with Gasteiger partial charge in [-0.2, -0.15) is 0 Å². The van der Waals surface area contributed by atoms with E-state index >= 15 is 0 Å². The normalized spacial score (nSPS) is 10.1. The van der Waals surface area contributed by atoms with Crippen molar-refractivity contribution in [3.8, 4) is 11.5 Å². The van der Waals surface area contributed by atoms with Gasteiger partial charge in [-0.25, -0.2) is 10.2 Å². The van der Waals surface area contributed by atoms with E-state index < -0.39 is 6.09 Å². The number of para-hydroxylation sites is 2. The largest absolute Gasteiger partial charge is 0.493 e. The predicted molar refractivity (Wildman–Crippen MR) is 106 cm³/mol. The van der Waals surface area contributed by atoms with Crippen molar-refractivity contribution in [1.29, 1.82) is 0 Å². The van der Waals surface area contributed by atoms with Gasteiger partial charge in [0, 0.05) is 17.9 Å². The lowest BCUT2D eigenvalue weighted by Gasteiger charge is -2.13. The fraction of sp³-hybridized carbons (Fsp3) is 0.0952. The zero-order chi connectivity index (χ0) is 18.9. The third-order valence-electron chi connectivity index (χ3n) is 3.75. The first-order chi connectivity index (χ1) is 13.2. The highest BCUT2D eigenvalue weighted by Crippen LogP contribution is 2.28. The number of amides is 1. The number of hydrazine groups is 1. The number of rotatable bonds is 7. The molecule has 0 saturated heterocycles. The van der Waals surface area contributed by atoms with Crippen LogP contribution in [0.25, 0.3) is 0 Å². The van der Waals surface area contributed by atoms with Gasteiger partial charge in [-0.1, -0.05) is 42.5 Å². The van der Waals surface area contributed by atoms with E-state index in [-0.39, 0.29) is 0 Å². The summed E-state index contributed by atoms with van der Waals surface area (Å²) in [6, 6.07) is 24.3. The highest BCUT2D eigenvalue weighted by Gasteiger charge is 2.11. The summed E-state index contributed by atoms with van der Waals surface area (Å²) >= 11 is 0. The smallest absolute Gasteiger partial charge is 0.417 e. The molecule has 0 saturated carbocycles. The molecular weight excluding hydrogens is 342 g/mol. The Balaban J connectivity index is 1.57. The van der Waals surface area contributed by atoms with E-state index in [1.807, 2.05) is 60.7 Å². The molecule has 0 aromatic heterocycles. The molecule has 0 heterocycles. The Labute approximate surface area is 158 Å². The van der Waals surface area contributed by atoms with Crippen molar-refractivity contribution < 1.29 is 14.3 Å². The number of carbonyl (C=O) groups excluding carboxylic acids is 1. The zero-order valence-corrected chi connectivity index (χ0v) is 14.9. The summed E-state index contributed by atoms with van der Waals surface area (Å²) in [5.41, 5.74) is 8.87. The van der Waals surface area contributed by atoms with Crippen LogP contribution in [0.1, 0.15) is 5.56 Å². The molecule has 3 N–H and O–H groups in total. The third-order valence-corrected chi connectivity index (χ3v) is 3.75. The molecule has 1 amide bonds. The molecule has 0 aliphatic rings. The van der Waals surface area contributed by atoms with E-state index in [4.69, 9.17) is 9.47 Å². The molecular formula is C21H21N3O3. The Hall–Kier alpha value is -3.51. The Morgan fingerprint density at radius 3 is 2.19 bits per heavy atom. The van der Waals surface area contributed by atoms with E-state index in [2.05, 4.69) is 16.2 Å². The Morgan fingerprint density at radius 1 is 0.852 bits per heavy atom. The van der Waals surface area contributed by atoms with Gasteiger partial charge >= 0.3 is 6.09 Å². The van der Waals surface area contributed by atoms with E-state index in [9.17, 15) is 4.79 Å². The summed E-state index contributed by atoms with van der Waals surface area (Å²) in [7, 11) is 1.54. The Morgan fingerprint density at radius 2 is 1.52 bits per heavy atom. The second-order valence-electron chi connectivity index (χ2n) is 5.71. The Bertz CT molecular complexity index is 870. The van der Waals surface area contributed by atoms with Gasteiger partial charge in [0.25, 0.3) is 0 Å². The molecule has 3 aromatic carbocycles. The van der Waals surface area contributed by atoms with Crippen LogP contribution in [-0.2, 0) is 6.54 Å². The average Bonchev–Trinajstić information content (AvgIpc) is 2.70. The molecule has 3 aromatic rings. The van der Waals surface area contributed by atoms with Crippen molar-refractivity contribution in [2.45, 2.75) is 6.54 Å². The van der Waals surface area contributed by atoms with E-state index in [0.29, 0.717) is 23.7 Å². The van der Waals surface area contributed by atoms with Gasteiger partial charge in [0.05, 0.1) is 7.11 Å². The van der Waals surface area contributed by atoms with Gasteiger partial charge in [-0.15, -0.1) is 0 Å². The first-order valence-corrected chi connectivity index (χ1v) is 8.49. The van der Waals surface area contributed by atoms with Crippen LogP contribution in [0.15, 0.2) is 78.9 Å². The van der Waals surface area contributed by atoms with Gasteiger partial charge in [0.15, 0.2) is 11.5 Å². The van der Waals surface area contributed by atoms with Crippen LogP contribution < -0.4 is 25.6 Å². The van der Waals surface area contributed by atoms with E-state index in [0.717, 1.165) is 11.3 Å². The first kappa shape index (κ1) is 18.3. The number of nitrogens with one attached hydrogen (secondary N) is 3. The van der Waals surface area contributed by atoms with Crippen molar-refractivity contribution in [1.82, 2.24) is 5.43 Å². The zero-order valence-electron chi connectivity index (χ0n) is 14.9. The third kappa shape index (κ3) is 5.49. The summed E-state index contributed by atoms with van der Waals surface area (Å²) in [5, 5.41) is 2.67. The second-order valence-corrected chi connectivity index (χ2v) is 5.71. The molecule has 0 fully saturated rings. The van der Waals surface area contributed by atoms with Crippen LogP contribution in [0.2, 0.25) is 0 Å². The molecule has 6 heteroatoms. The molecule has 27 heavy (non-hydrogen) atoms. The minimum absolute atomic E-state index is 0.352. The van der Waals surface area contributed by atoms with Gasteiger partial charge in [0.1, 0.15) is 0 Å². The van der Waals surface area contributed by atoms with Gasteiger partial charge in [-0.3, -0.25) is 5.32 Å². The Kier molecular flexibility index (Phi) is 6.27. The standard InChI is InChI=1S/C21H21N3O3/c1-26-20-14-16(15-22-24-18-10-6-3-7-11-18)12-13-19(20)27-21(25)23-17-8-4-2-5-9-17/h2-14,22,24H,15H2,1H3,(H,23,25). The van der Waals surface area contributed by atoms with Crippen molar-refractivity contribution in [3.63, 3.8) is 0 Å². The van der Waals surface area contributed by atoms with E-state index in [1.165, 1.54) is 7.11 Å². The molecule has 0 unspecified atom stereocenters. The maximum atomic E-state index is 12.1. The van der Waals surface area contributed by atoms with Crippen molar-refractivity contribution in [2.75, 3.05) is 17.9 Å². The van der Waals surface area contributed by atoms with Crippen molar-refractivity contribution in [2.24, 2.45) is 0 Å². The molecule has 0 radical (unpaired) electrons. The van der Waals surface area contributed by atoms with Crippen LogP contribution in [-0.4, -0.2) is 13.2 Å². The van der Waals surface area contributed by atoms with Crippen LogP contribution in [0.3, 0.4) is 0 Å². The lowest BCUT2D eigenvalue weighted by atomic mass is 10.2. The minimum atomic E-state index is -0.573. The number of carbonyl (C=O) groups is 1. The fourth-order valence-electron chi connectivity index (χ4n) is 2.44. The molecule has 3 rings (SSSR count). The lowest BCUT2D eigenvalue weighted by Crippen LogP contribution is -2.21. The topological polar surface area (TPSA) is 71.6 Å². The number of methoxy groups -OCH3 is 1. The molecule has 0 atom stereocenters. The maximum absolute atomic E-state index is 12.1. The number of anilines is 2. The monoisotopic (exact) mass is 363 g/mol. The van der Waals surface area contributed by atoms with Crippen molar-refractivity contribution in [3.05, 3.63) is 84.4 Å². The first-order valence-electron chi connectivity index (χ1n) is 8.49. The fourth-order valence-corrected chi connectivity index (χ4v) is 2.44.